The van der Waals surface area contributed by atoms with Gasteiger partial charge < -0.3 is 4.98 Å². The highest BCUT2D eigenvalue weighted by Gasteiger charge is 2.31. The fourth-order valence-corrected chi connectivity index (χ4v) is 2.11. The van der Waals surface area contributed by atoms with Gasteiger partial charge >= 0.3 is 0 Å². The van der Waals surface area contributed by atoms with Crippen molar-refractivity contribution in [3.63, 3.8) is 0 Å². The Balaban J connectivity index is 2.22. The Morgan fingerprint density at radius 2 is 1.81 bits per heavy atom. The standard InChI is InChI=1S/C12H10N2O2/c15-11-4-5-12(16)14(11)10-3-1-2-9-8(10)6-7-13-9/h1-3,6-7,13H,4-5H2. The van der Waals surface area contributed by atoms with Gasteiger partial charge in [0.25, 0.3) is 0 Å². The Labute approximate surface area is 91.9 Å². The Kier molecular flexibility index (Phi) is 1.83. The number of rotatable bonds is 1. The maximum Gasteiger partial charge on any atom is 0.234 e. The molecule has 1 N–H and O–H groups in total. The zero-order chi connectivity index (χ0) is 11.1. The van der Waals surface area contributed by atoms with E-state index in [1.807, 2.05) is 18.2 Å². The summed E-state index contributed by atoms with van der Waals surface area (Å²) in [6.45, 7) is 0. The van der Waals surface area contributed by atoms with E-state index < -0.39 is 0 Å². The number of carbonyl (C=O) groups is 2. The lowest BCUT2D eigenvalue weighted by Gasteiger charge is -2.14. The number of H-pyrrole nitrogens is 1. The zero-order valence-corrected chi connectivity index (χ0v) is 8.56. The summed E-state index contributed by atoms with van der Waals surface area (Å²) in [5, 5.41) is 0.908. The van der Waals surface area contributed by atoms with Gasteiger partial charge in [0.05, 0.1) is 5.69 Å². The molecule has 2 amide bonds. The summed E-state index contributed by atoms with van der Waals surface area (Å²) in [4.78, 5) is 27.6. The number of aromatic amines is 1. The molecule has 1 aliphatic heterocycles. The molecule has 1 fully saturated rings. The molecule has 1 aromatic heterocycles. The first kappa shape index (κ1) is 9.15. The second kappa shape index (κ2) is 3.20. The molecule has 1 aromatic carbocycles. The number of hydrogen-bond acceptors (Lipinski definition) is 2. The Morgan fingerprint density at radius 1 is 1.06 bits per heavy atom. The van der Waals surface area contributed by atoms with Gasteiger partial charge in [0.15, 0.2) is 0 Å². The normalized spacial score (nSPS) is 16.4. The van der Waals surface area contributed by atoms with Crippen molar-refractivity contribution in [2.24, 2.45) is 0 Å². The van der Waals surface area contributed by atoms with E-state index in [0.717, 1.165) is 10.9 Å². The summed E-state index contributed by atoms with van der Waals surface area (Å²) >= 11 is 0. The minimum absolute atomic E-state index is 0.112. The number of amides is 2. The van der Waals surface area contributed by atoms with Gasteiger partial charge in [-0.15, -0.1) is 0 Å². The third-order valence-electron chi connectivity index (χ3n) is 2.86. The second-order valence-corrected chi connectivity index (χ2v) is 3.84. The third kappa shape index (κ3) is 1.16. The maximum absolute atomic E-state index is 11.6. The van der Waals surface area contributed by atoms with Crippen molar-refractivity contribution in [3.8, 4) is 0 Å². The topological polar surface area (TPSA) is 53.2 Å². The molecule has 80 valence electrons. The molecule has 16 heavy (non-hydrogen) atoms. The van der Waals surface area contributed by atoms with Crippen LogP contribution in [0.3, 0.4) is 0 Å². The van der Waals surface area contributed by atoms with Gasteiger partial charge in [-0.3, -0.25) is 9.59 Å². The van der Waals surface area contributed by atoms with E-state index in [-0.39, 0.29) is 11.8 Å². The van der Waals surface area contributed by atoms with Crippen LogP contribution in [0.15, 0.2) is 30.5 Å². The first-order valence-electron chi connectivity index (χ1n) is 5.19. The summed E-state index contributed by atoms with van der Waals surface area (Å²) in [7, 11) is 0. The van der Waals surface area contributed by atoms with Crippen LogP contribution in [0.4, 0.5) is 5.69 Å². The highest BCUT2D eigenvalue weighted by atomic mass is 16.2. The van der Waals surface area contributed by atoms with Crippen molar-refractivity contribution < 1.29 is 9.59 Å². The first-order valence-corrected chi connectivity index (χ1v) is 5.19. The molecule has 0 aliphatic carbocycles. The molecular weight excluding hydrogens is 204 g/mol. The molecule has 2 heterocycles. The minimum atomic E-state index is -0.112. The largest absolute Gasteiger partial charge is 0.361 e. The molecular formula is C12H10N2O2. The number of fused-ring (bicyclic) bond motifs is 1. The van der Waals surface area contributed by atoms with Gasteiger partial charge in [0.1, 0.15) is 0 Å². The zero-order valence-electron chi connectivity index (χ0n) is 8.56. The molecule has 0 saturated carbocycles. The first-order chi connectivity index (χ1) is 7.77. The molecule has 0 bridgehead atoms. The fraction of sp³-hybridized carbons (Fsp3) is 0.167. The van der Waals surface area contributed by atoms with Gasteiger partial charge in [-0.2, -0.15) is 0 Å². The Morgan fingerprint density at radius 3 is 2.56 bits per heavy atom. The Hall–Kier alpha value is -2.10. The number of nitrogens with one attached hydrogen (secondary N) is 1. The van der Waals surface area contributed by atoms with Crippen LogP contribution in [-0.4, -0.2) is 16.8 Å². The SMILES string of the molecule is O=C1CCC(=O)N1c1cccc2[nH]ccc12. The number of imide groups is 1. The van der Waals surface area contributed by atoms with Crippen molar-refractivity contribution in [1.29, 1.82) is 0 Å². The van der Waals surface area contributed by atoms with Crippen LogP contribution in [0.25, 0.3) is 10.9 Å². The summed E-state index contributed by atoms with van der Waals surface area (Å²) in [6.07, 6.45) is 2.44. The average Bonchev–Trinajstić information content (AvgIpc) is 2.86. The van der Waals surface area contributed by atoms with Crippen molar-refractivity contribution in [1.82, 2.24) is 4.98 Å². The van der Waals surface area contributed by atoms with Crippen LogP contribution >= 0.6 is 0 Å². The molecule has 0 radical (unpaired) electrons. The van der Waals surface area contributed by atoms with E-state index in [4.69, 9.17) is 0 Å². The van der Waals surface area contributed by atoms with E-state index in [9.17, 15) is 9.59 Å². The van der Waals surface area contributed by atoms with Gasteiger partial charge in [-0.05, 0) is 18.2 Å². The third-order valence-corrected chi connectivity index (χ3v) is 2.86. The predicted molar refractivity (Wildman–Crippen MR) is 60.0 cm³/mol. The van der Waals surface area contributed by atoms with Crippen LogP contribution in [-0.2, 0) is 9.59 Å². The summed E-state index contributed by atoms with van der Waals surface area (Å²) in [5.41, 5.74) is 1.62. The molecule has 2 aromatic rings. The van der Waals surface area contributed by atoms with Crippen LogP contribution in [0.5, 0.6) is 0 Å². The number of carbonyl (C=O) groups excluding carboxylic acids is 2. The number of nitrogens with zero attached hydrogens (tertiary/aromatic N) is 1. The predicted octanol–water partition coefficient (Wildman–Crippen LogP) is 1.82. The highest BCUT2D eigenvalue weighted by Crippen LogP contribution is 2.29. The monoisotopic (exact) mass is 214 g/mol. The second-order valence-electron chi connectivity index (χ2n) is 3.84. The molecule has 0 unspecified atom stereocenters. The molecule has 0 spiro atoms. The average molecular weight is 214 g/mol. The highest BCUT2D eigenvalue weighted by molar-refractivity contribution is 6.22. The summed E-state index contributed by atoms with van der Waals surface area (Å²) in [5.74, 6) is -0.225. The molecule has 1 saturated heterocycles. The van der Waals surface area contributed by atoms with Gasteiger partial charge in [-0.1, -0.05) is 6.07 Å². The van der Waals surface area contributed by atoms with Crippen LogP contribution in [0, 0.1) is 0 Å². The van der Waals surface area contributed by atoms with Crippen molar-refractivity contribution in [2.45, 2.75) is 12.8 Å². The molecule has 1 aliphatic rings. The van der Waals surface area contributed by atoms with E-state index in [1.54, 1.807) is 12.3 Å². The summed E-state index contributed by atoms with van der Waals surface area (Å²) in [6, 6.07) is 7.44. The van der Waals surface area contributed by atoms with Crippen molar-refractivity contribution >= 4 is 28.4 Å². The van der Waals surface area contributed by atoms with Crippen LogP contribution < -0.4 is 4.90 Å². The van der Waals surface area contributed by atoms with Gasteiger partial charge in [-0.25, -0.2) is 4.90 Å². The smallest absolute Gasteiger partial charge is 0.234 e. The van der Waals surface area contributed by atoms with E-state index in [0.29, 0.717) is 18.5 Å². The lowest BCUT2D eigenvalue weighted by Crippen LogP contribution is -2.28. The minimum Gasteiger partial charge on any atom is -0.361 e. The molecule has 4 nitrogen and oxygen atoms in total. The Bertz CT molecular complexity index is 569. The lowest BCUT2D eigenvalue weighted by molar-refractivity contribution is -0.121. The lowest BCUT2D eigenvalue weighted by atomic mass is 10.2. The quantitative estimate of drug-likeness (QED) is 0.736. The van der Waals surface area contributed by atoms with E-state index >= 15 is 0 Å². The number of anilines is 1. The number of aromatic nitrogens is 1. The molecule has 0 atom stereocenters. The molecule has 3 rings (SSSR count). The van der Waals surface area contributed by atoms with Gasteiger partial charge in [0.2, 0.25) is 11.8 Å². The van der Waals surface area contributed by atoms with E-state index in [1.165, 1.54) is 4.90 Å². The number of hydrogen-bond donors (Lipinski definition) is 1. The van der Waals surface area contributed by atoms with E-state index in [2.05, 4.69) is 4.98 Å². The number of benzene rings is 1. The maximum atomic E-state index is 11.6. The fourth-order valence-electron chi connectivity index (χ4n) is 2.11. The van der Waals surface area contributed by atoms with Crippen LogP contribution in [0.2, 0.25) is 0 Å². The van der Waals surface area contributed by atoms with Crippen LogP contribution in [0.1, 0.15) is 12.8 Å². The van der Waals surface area contributed by atoms with Crippen molar-refractivity contribution in [2.75, 3.05) is 4.90 Å². The summed E-state index contributed by atoms with van der Waals surface area (Å²) < 4.78 is 0. The van der Waals surface area contributed by atoms with Crippen molar-refractivity contribution in [3.05, 3.63) is 30.5 Å². The van der Waals surface area contributed by atoms with Gasteiger partial charge in [0, 0.05) is 29.9 Å². The molecule has 4 heteroatoms.